The predicted octanol–water partition coefficient (Wildman–Crippen LogP) is 3.42. The second-order valence-corrected chi connectivity index (χ2v) is 5.29. The van der Waals surface area contributed by atoms with Crippen LogP contribution in [-0.4, -0.2) is 19.0 Å². The van der Waals surface area contributed by atoms with Gasteiger partial charge in [-0.3, -0.25) is 4.79 Å². The first-order valence-corrected chi connectivity index (χ1v) is 7.36. The lowest BCUT2D eigenvalue weighted by Gasteiger charge is -2.14. The molecular weight excluding hydrogens is 284 g/mol. The Morgan fingerprint density at radius 2 is 1.86 bits per heavy atom. The molecule has 1 amide bonds. The molecule has 0 saturated heterocycles. The van der Waals surface area contributed by atoms with Crippen LogP contribution in [0.5, 0.6) is 0 Å². The molecule has 3 nitrogen and oxygen atoms in total. The first-order chi connectivity index (χ1) is 10.2. The number of hydrogen-bond acceptors (Lipinski definition) is 2. The van der Waals surface area contributed by atoms with Crippen LogP contribution in [0.2, 0.25) is 5.02 Å². The van der Waals surface area contributed by atoms with Crippen molar-refractivity contribution in [3.63, 3.8) is 0 Å². The van der Waals surface area contributed by atoms with Gasteiger partial charge in [0.05, 0.1) is 0 Å². The molecule has 2 aromatic rings. The van der Waals surface area contributed by atoms with Crippen molar-refractivity contribution < 1.29 is 4.79 Å². The number of benzene rings is 2. The van der Waals surface area contributed by atoms with Crippen LogP contribution in [-0.2, 0) is 0 Å². The van der Waals surface area contributed by atoms with Crippen LogP contribution in [0.3, 0.4) is 0 Å². The van der Waals surface area contributed by atoms with Crippen LogP contribution < -0.4 is 10.6 Å². The number of carbonyl (C=O) groups is 1. The summed E-state index contributed by atoms with van der Waals surface area (Å²) in [4.78, 5) is 11.9. The lowest BCUT2D eigenvalue weighted by atomic mass is 10.1. The molecule has 4 heteroatoms. The monoisotopic (exact) mass is 302 g/mol. The quantitative estimate of drug-likeness (QED) is 0.803. The molecule has 0 aromatic heterocycles. The minimum Gasteiger partial charge on any atom is -0.351 e. The third kappa shape index (κ3) is 4.88. The van der Waals surface area contributed by atoms with E-state index in [0.717, 1.165) is 0 Å². The van der Waals surface area contributed by atoms with Crippen molar-refractivity contribution >= 4 is 17.5 Å². The van der Waals surface area contributed by atoms with Gasteiger partial charge in [-0.1, -0.05) is 48.0 Å². The molecule has 0 aliphatic heterocycles. The van der Waals surface area contributed by atoms with Crippen molar-refractivity contribution in [1.29, 1.82) is 0 Å². The highest BCUT2D eigenvalue weighted by molar-refractivity contribution is 6.30. The van der Waals surface area contributed by atoms with Crippen molar-refractivity contribution in [2.75, 3.05) is 13.1 Å². The van der Waals surface area contributed by atoms with Gasteiger partial charge in [-0.2, -0.15) is 0 Å². The van der Waals surface area contributed by atoms with E-state index < -0.39 is 0 Å². The molecule has 0 aliphatic carbocycles. The van der Waals surface area contributed by atoms with Crippen molar-refractivity contribution in [2.24, 2.45) is 0 Å². The fraction of sp³-hybridized carbons (Fsp3) is 0.235. The average Bonchev–Trinajstić information content (AvgIpc) is 2.52. The fourth-order valence-corrected chi connectivity index (χ4v) is 2.25. The molecule has 0 radical (unpaired) electrons. The van der Waals surface area contributed by atoms with Crippen LogP contribution in [0.25, 0.3) is 0 Å². The summed E-state index contributed by atoms with van der Waals surface area (Å²) in [5.41, 5.74) is 1.82. The van der Waals surface area contributed by atoms with Crippen LogP contribution in [0.15, 0.2) is 54.6 Å². The average molecular weight is 303 g/mol. The van der Waals surface area contributed by atoms with E-state index >= 15 is 0 Å². The summed E-state index contributed by atoms with van der Waals surface area (Å²) in [6.07, 6.45) is 0. The zero-order chi connectivity index (χ0) is 15.1. The summed E-state index contributed by atoms with van der Waals surface area (Å²) >= 11 is 5.87. The van der Waals surface area contributed by atoms with Crippen LogP contribution in [0, 0.1) is 0 Å². The Labute approximate surface area is 130 Å². The number of hydrogen-bond donors (Lipinski definition) is 2. The van der Waals surface area contributed by atoms with Gasteiger partial charge in [0.1, 0.15) is 0 Å². The van der Waals surface area contributed by atoms with Crippen molar-refractivity contribution in [3.05, 3.63) is 70.7 Å². The smallest absolute Gasteiger partial charge is 0.251 e. The maximum absolute atomic E-state index is 11.9. The maximum atomic E-state index is 11.9. The number of amides is 1. The van der Waals surface area contributed by atoms with Gasteiger partial charge in [0.25, 0.3) is 5.91 Å². The summed E-state index contributed by atoms with van der Waals surface area (Å²) in [7, 11) is 0. The van der Waals surface area contributed by atoms with Crippen molar-refractivity contribution in [1.82, 2.24) is 10.6 Å². The second kappa shape index (κ2) is 7.81. The van der Waals surface area contributed by atoms with Gasteiger partial charge in [0.2, 0.25) is 0 Å². The third-order valence-corrected chi connectivity index (χ3v) is 3.48. The number of halogens is 1. The standard InChI is InChI=1S/C17H19ClN2O/c1-13(14-6-3-2-4-7-14)19-10-11-20-17(21)15-8-5-9-16(18)12-15/h2-9,12-13,19H,10-11H2,1H3,(H,20,21)/t13-/m0/s1. The topological polar surface area (TPSA) is 41.1 Å². The summed E-state index contributed by atoms with van der Waals surface area (Å²) in [5, 5.41) is 6.82. The highest BCUT2D eigenvalue weighted by atomic mass is 35.5. The summed E-state index contributed by atoms with van der Waals surface area (Å²) < 4.78 is 0. The zero-order valence-corrected chi connectivity index (χ0v) is 12.7. The molecule has 0 spiro atoms. The first kappa shape index (κ1) is 15.5. The van der Waals surface area contributed by atoms with E-state index in [-0.39, 0.29) is 11.9 Å². The van der Waals surface area contributed by atoms with E-state index in [4.69, 9.17) is 11.6 Å². The van der Waals surface area contributed by atoms with Gasteiger partial charge in [0, 0.05) is 29.7 Å². The van der Waals surface area contributed by atoms with E-state index in [1.807, 2.05) is 18.2 Å². The molecule has 0 aliphatic rings. The first-order valence-electron chi connectivity index (χ1n) is 6.99. The summed E-state index contributed by atoms with van der Waals surface area (Å²) in [6.45, 7) is 3.39. The molecule has 1 atom stereocenters. The Balaban J connectivity index is 1.74. The Hall–Kier alpha value is -1.84. The number of carbonyl (C=O) groups excluding carboxylic acids is 1. The lowest BCUT2D eigenvalue weighted by Crippen LogP contribution is -2.32. The largest absolute Gasteiger partial charge is 0.351 e. The highest BCUT2D eigenvalue weighted by Gasteiger charge is 2.06. The molecule has 21 heavy (non-hydrogen) atoms. The Morgan fingerprint density at radius 1 is 1.10 bits per heavy atom. The Bertz CT molecular complexity index is 586. The minimum atomic E-state index is -0.105. The van der Waals surface area contributed by atoms with Crippen LogP contribution >= 0.6 is 11.6 Å². The highest BCUT2D eigenvalue weighted by Crippen LogP contribution is 2.11. The van der Waals surface area contributed by atoms with Crippen LogP contribution in [0.1, 0.15) is 28.9 Å². The Kier molecular flexibility index (Phi) is 5.78. The molecule has 2 N–H and O–H groups in total. The van der Waals surface area contributed by atoms with E-state index in [1.165, 1.54) is 5.56 Å². The molecule has 0 saturated carbocycles. The second-order valence-electron chi connectivity index (χ2n) is 4.85. The minimum absolute atomic E-state index is 0.105. The summed E-state index contributed by atoms with van der Waals surface area (Å²) in [5.74, 6) is -0.105. The molecular formula is C17H19ClN2O. The van der Waals surface area contributed by atoms with Crippen molar-refractivity contribution in [3.8, 4) is 0 Å². The number of rotatable bonds is 6. The maximum Gasteiger partial charge on any atom is 0.251 e. The van der Waals surface area contributed by atoms with Crippen molar-refractivity contribution in [2.45, 2.75) is 13.0 Å². The van der Waals surface area contributed by atoms with Gasteiger partial charge < -0.3 is 10.6 Å². The zero-order valence-electron chi connectivity index (χ0n) is 12.0. The van der Waals surface area contributed by atoms with Gasteiger partial charge in [-0.25, -0.2) is 0 Å². The van der Waals surface area contributed by atoms with E-state index in [2.05, 4.69) is 29.7 Å². The molecule has 0 heterocycles. The third-order valence-electron chi connectivity index (χ3n) is 3.25. The lowest BCUT2D eigenvalue weighted by molar-refractivity contribution is 0.0953. The molecule has 110 valence electrons. The molecule has 2 aromatic carbocycles. The predicted molar refractivity (Wildman–Crippen MR) is 86.6 cm³/mol. The molecule has 0 fully saturated rings. The van der Waals surface area contributed by atoms with E-state index in [0.29, 0.717) is 23.7 Å². The Morgan fingerprint density at radius 3 is 2.57 bits per heavy atom. The number of nitrogens with one attached hydrogen (secondary N) is 2. The molecule has 2 rings (SSSR count). The SMILES string of the molecule is C[C@H](NCCNC(=O)c1cccc(Cl)c1)c1ccccc1. The fourth-order valence-electron chi connectivity index (χ4n) is 2.06. The molecule has 0 unspecified atom stereocenters. The normalized spacial score (nSPS) is 11.9. The molecule has 0 bridgehead atoms. The van der Waals surface area contributed by atoms with Crippen LogP contribution in [0.4, 0.5) is 0 Å². The summed E-state index contributed by atoms with van der Waals surface area (Å²) in [6, 6.07) is 17.4. The van der Waals surface area contributed by atoms with Gasteiger partial charge in [-0.05, 0) is 30.7 Å². The van der Waals surface area contributed by atoms with Gasteiger partial charge in [-0.15, -0.1) is 0 Å². The van der Waals surface area contributed by atoms with Gasteiger partial charge in [0.15, 0.2) is 0 Å². The van der Waals surface area contributed by atoms with E-state index in [9.17, 15) is 4.79 Å². The van der Waals surface area contributed by atoms with Gasteiger partial charge >= 0.3 is 0 Å². The van der Waals surface area contributed by atoms with E-state index in [1.54, 1.807) is 24.3 Å².